The van der Waals surface area contributed by atoms with Gasteiger partial charge in [0.05, 0.1) is 11.3 Å². The van der Waals surface area contributed by atoms with Crippen molar-refractivity contribution in [3.63, 3.8) is 0 Å². The van der Waals surface area contributed by atoms with Crippen molar-refractivity contribution in [1.82, 2.24) is 0 Å². The van der Waals surface area contributed by atoms with Crippen LogP contribution in [0.5, 0.6) is 0 Å². The zero-order chi connectivity index (χ0) is 11.0. The van der Waals surface area contributed by atoms with Gasteiger partial charge in [-0.3, -0.25) is 0 Å². The Hall–Kier alpha value is -0.780. The third-order valence-corrected chi connectivity index (χ3v) is 3.26. The number of aromatic carboxylic acids is 1. The van der Waals surface area contributed by atoms with Crippen molar-refractivity contribution in [1.29, 1.82) is 0 Å². The van der Waals surface area contributed by atoms with Gasteiger partial charge in [-0.1, -0.05) is 6.92 Å². The number of benzene rings is 1. The Bertz CT molecular complexity index is 400. The lowest BCUT2D eigenvalue weighted by atomic mass is 10.00. The van der Waals surface area contributed by atoms with Crippen LogP contribution in [0, 0.1) is 9.49 Å². The van der Waals surface area contributed by atoms with Crippen LogP contribution in [-0.4, -0.2) is 24.2 Å². The average molecular weight is 317 g/mol. The minimum Gasteiger partial charge on any atom is -0.478 e. The van der Waals surface area contributed by atoms with Gasteiger partial charge in [0.1, 0.15) is 0 Å². The number of hydrogen-bond acceptors (Lipinski definition) is 2. The summed E-state index contributed by atoms with van der Waals surface area (Å²) < 4.78 is 0.960. The molecule has 1 fully saturated rings. The summed E-state index contributed by atoms with van der Waals surface area (Å²) in [6.07, 6.45) is 0. The molecule has 1 saturated heterocycles. The van der Waals surface area contributed by atoms with Crippen molar-refractivity contribution in [3.8, 4) is 0 Å². The van der Waals surface area contributed by atoms with E-state index < -0.39 is 5.97 Å². The van der Waals surface area contributed by atoms with Gasteiger partial charge in [0, 0.05) is 16.7 Å². The average Bonchev–Trinajstić information content (AvgIpc) is 2.13. The normalized spacial score (nSPS) is 16.3. The van der Waals surface area contributed by atoms with Gasteiger partial charge in [0.25, 0.3) is 0 Å². The molecule has 1 aromatic rings. The third kappa shape index (κ3) is 2.09. The summed E-state index contributed by atoms with van der Waals surface area (Å²) in [6, 6.07) is 5.57. The molecule has 0 spiro atoms. The van der Waals surface area contributed by atoms with E-state index in [0.29, 0.717) is 11.5 Å². The van der Waals surface area contributed by atoms with Crippen molar-refractivity contribution in [2.24, 2.45) is 5.92 Å². The zero-order valence-electron chi connectivity index (χ0n) is 8.40. The minimum atomic E-state index is -0.844. The fraction of sp³-hybridized carbons (Fsp3) is 0.364. The first-order chi connectivity index (χ1) is 7.08. The van der Waals surface area contributed by atoms with E-state index in [1.54, 1.807) is 6.07 Å². The van der Waals surface area contributed by atoms with Crippen LogP contribution >= 0.6 is 22.6 Å². The van der Waals surface area contributed by atoms with Gasteiger partial charge >= 0.3 is 5.97 Å². The Morgan fingerprint density at radius 2 is 2.20 bits per heavy atom. The van der Waals surface area contributed by atoms with Gasteiger partial charge < -0.3 is 10.0 Å². The molecule has 80 valence electrons. The van der Waals surface area contributed by atoms with Crippen LogP contribution in [0.2, 0.25) is 0 Å². The standard InChI is InChI=1S/C11H12INO2/c1-7-5-13(6-7)10-3-2-8(12)4-9(10)11(14)15/h2-4,7H,5-6H2,1H3,(H,14,15). The highest BCUT2D eigenvalue weighted by molar-refractivity contribution is 14.1. The topological polar surface area (TPSA) is 40.5 Å². The lowest BCUT2D eigenvalue weighted by molar-refractivity contribution is 0.0697. The van der Waals surface area contributed by atoms with Gasteiger partial charge in [-0.25, -0.2) is 4.79 Å². The molecule has 0 saturated carbocycles. The fourth-order valence-electron chi connectivity index (χ4n) is 1.85. The summed E-state index contributed by atoms with van der Waals surface area (Å²) in [6.45, 7) is 4.09. The second-order valence-corrected chi connectivity index (χ2v) is 5.22. The molecule has 0 atom stereocenters. The summed E-state index contributed by atoms with van der Waals surface area (Å²) >= 11 is 2.13. The van der Waals surface area contributed by atoms with Crippen molar-refractivity contribution >= 4 is 34.2 Å². The lowest BCUT2D eigenvalue weighted by Crippen LogP contribution is -2.45. The molecule has 0 radical (unpaired) electrons. The molecule has 1 aromatic carbocycles. The lowest BCUT2D eigenvalue weighted by Gasteiger charge is -2.39. The summed E-state index contributed by atoms with van der Waals surface area (Å²) in [5.41, 5.74) is 1.26. The van der Waals surface area contributed by atoms with Crippen LogP contribution in [-0.2, 0) is 0 Å². The molecule has 0 bridgehead atoms. The van der Waals surface area contributed by atoms with E-state index in [4.69, 9.17) is 5.11 Å². The predicted molar refractivity (Wildman–Crippen MR) is 67.5 cm³/mol. The molecule has 1 N–H and O–H groups in total. The maximum absolute atomic E-state index is 11.1. The maximum atomic E-state index is 11.1. The number of carboxylic acids is 1. The monoisotopic (exact) mass is 317 g/mol. The van der Waals surface area contributed by atoms with E-state index in [9.17, 15) is 4.79 Å². The molecule has 0 unspecified atom stereocenters. The van der Waals surface area contributed by atoms with E-state index in [1.165, 1.54) is 0 Å². The van der Waals surface area contributed by atoms with Crippen LogP contribution in [0.1, 0.15) is 17.3 Å². The SMILES string of the molecule is CC1CN(c2ccc(I)cc2C(=O)O)C1. The van der Waals surface area contributed by atoms with Gasteiger partial charge in [-0.15, -0.1) is 0 Å². The van der Waals surface area contributed by atoms with Crippen molar-refractivity contribution in [3.05, 3.63) is 27.3 Å². The molecular formula is C11H12INO2. The number of carboxylic acid groups (broad SMARTS) is 1. The summed E-state index contributed by atoms with van der Waals surface area (Å²) in [7, 11) is 0. The fourth-order valence-corrected chi connectivity index (χ4v) is 2.34. The highest BCUT2D eigenvalue weighted by Gasteiger charge is 2.26. The van der Waals surface area contributed by atoms with E-state index in [-0.39, 0.29) is 0 Å². The maximum Gasteiger partial charge on any atom is 0.337 e. The molecule has 15 heavy (non-hydrogen) atoms. The molecule has 1 aliphatic heterocycles. The van der Waals surface area contributed by atoms with Gasteiger partial charge in [0.2, 0.25) is 0 Å². The van der Waals surface area contributed by atoms with Crippen molar-refractivity contribution in [2.75, 3.05) is 18.0 Å². The Labute approximate surface area is 102 Å². The molecule has 2 rings (SSSR count). The van der Waals surface area contributed by atoms with Crippen molar-refractivity contribution in [2.45, 2.75) is 6.92 Å². The quantitative estimate of drug-likeness (QED) is 0.852. The number of halogens is 1. The van der Waals surface area contributed by atoms with Crippen LogP contribution in [0.25, 0.3) is 0 Å². The molecule has 4 heteroatoms. The summed E-state index contributed by atoms with van der Waals surface area (Å²) in [5.74, 6) is -0.172. The van der Waals surface area contributed by atoms with E-state index in [0.717, 1.165) is 22.3 Å². The molecule has 1 heterocycles. The highest BCUT2D eigenvalue weighted by Crippen LogP contribution is 2.28. The van der Waals surface area contributed by atoms with Gasteiger partial charge in [0.15, 0.2) is 0 Å². The molecule has 1 aliphatic rings. The van der Waals surface area contributed by atoms with Crippen LogP contribution in [0.15, 0.2) is 18.2 Å². The van der Waals surface area contributed by atoms with Crippen LogP contribution < -0.4 is 4.90 Å². The first-order valence-electron chi connectivity index (χ1n) is 4.85. The summed E-state index contributed by atoms with van der Waals surface area (Å²) in [5, 5.41) is 9.09. The van der Waals surface area contributed by atoms with Crippen LogP contribution in [0.3, 0.4) is 0 Å². The first-order valence-corrected chi connectivity index (χ1v) is 5.93. The van der Waals surface area contributed by atoms with E-state index >= 15 is 0 Å². The number of rotatable bonds is 2. The van der Waals surface area contributed by atoms with Crippen LogP contribution in [0.4, 0.5) is 5.69 Å². The van der Waals surface area contributed by atoms with E-state index in [1.807, 2.05) is 12.1 Å². The zero-order valence-corrected chi connectivity index (χ0v) is 10.6. The Morgan fingerprint density at radius 3 is 2.73 bits per heavy atom. The minimum absolute atomic E-state index is 0.411. The Balaban J connectivity index is 2.34. The molecular weight excluding hydrogens is 305 g/mol. The third-order valence-electron chi connectivity index (χ3n) is 2.59. The first kappa shape index (κ1) is 10.7. The van der Waals surface area contributed by atoms with Crippen molar-refractivity contribution < 1.29 is 9.90 Å². The molecule has 0 amide bonds. The van der Waals surface area contributed by atoms with E-state index in [2.05, 4.69) is 34.4 Å². The smallest absolute Gasteiger partial charge is 0.337 e. The molecule has 0 aromatic heterocycles. The second kappa shape index (κ2) is 4.00. The molecule has 3 nitrogen and oxygen atoms in total. The van der Waals surface area contributed by atoms with Gasteiger partial charge in [-0.2, -0.15) is 0 Å². The Morgan fingerprint density at radius 1 is 1.53 bits per heavy atom. The Kier molecular flexibility index (Phi) is 2.86. The predicted octanol–water partition coefficient (Wildman–Crippen LogP) is 2.45. The molecule has 0 aliphatic carbocycles. The largest absolute Gasteiger partial charge is 0.478 e. The summed E-state index contributed by atoms with van der Waals surface area (Å²) in [4.78, 5) is 13.2. The number of carbonyl (C=O) groups is 1. The number of nitrogens with zero attached hydrogens (tertiary/aromatic N) is 1. The van der Waals surface area contributed by atoms with Gasteiger partial charge in [-0.05, 0) is 46.7 Å². The highest BCUT2D eigenvalue weighted by atomic mass is 127. The number of hydrogen-bond donors (Lipinski definition) is 1. The number of anilines is 1. The second-order valence-electron chi connectivity index (χ2n) is 3.98.